The number of ether oxygens (including phenoxy) is 4. The van der Waals surface area contributed by atoms with Crippen molar-refractivity contribution in [3.8, 4) is 0 Å². The van der Waals surface area contributed by atoms with Crippen LogP contribution in [0.5, 0.6) is 0 Å². The fourth-order valence-corrected chi connectivity index (χ4v) is 15.0. The minimum Gasteiger partial charge on any atom is -0.462 e. The first-order valence-electron chi connectivity index (χ1n) is 45.5. The molecule has 0 bridgehead atoms. The number of unbranched alkanes of at least 4 members (excludes halogenated alkanes) is 55. The van der Waals surface area contributed by atoms with Crippen molar-refractivity contribution in [2.75, 3.05) is 39.6 Å². The second-order valence-corrected chi connectivity index (χ2v) is 34.5. The Morgan fingerprint density at radius 3 is 0.787 bits per heavy atom. The number of phosphoric ester groups is 2. The zero-order valence-corrected chi connectivity index (χ0v) is 72.3. The van der Waals surface area contributed by atoms with Crippen molar-refractivity contribution in [3.05, 3.63) is 24.3 Å². The van der Waals surface area contributed by atoms with E-state index in [1.807, 2.05) is 0 Å². The number of aliphatic hydroxyl groups is 1. The summed E-state index contributed by atoms with van der Waals surface area (Å²) in [7, 11) is -9.94. The predicted molar refractivity (Wildman–Crippen MR) is 446 cm³/mol. The molecular formula is C89H170O17P2. The fourth-order valence-electron chi connectivity index (χ4n) is 13.4. The molecule has 0 saturated carbocycles. The van der Waals surface area contributed by atoms with Gasteiger partial charge in [-0.15, -0.1) is 0 Å². The number of allylic oxidation sites excluding steroid dienone is 4. The van der Waals surface area contributed by atoms with Crippen LogP contribution < -0.4 is 0 Å². The molecule has 0 amide bonds. The molecule has 108 heavy (non-hydrogen) atoms. The van der Waals surface area contributed by atoms with Gasteiger partial charge in [0.15, 0.2) is 12.2 Å². The molecule has 0 aromatic heterocycles. The molecule has 0 aliphatic heterocycles. The number of esters is 4. The minimum atomic E-state index is -4.97. The van der Waals surface area contributed by atoms with Crippen LogP contribution in [0.3, 0.4) is 0 Å². The van der Waals surface area contributed by atoms with Gasteiger partial charge in [-0.3, -0.25) is 37.3 Å². The third-order valence-electron chi connectivity index (χ3n) is 20.8. The van der Waals surface area contributed by atoms with Gasteiger partial charge in [0.2, 0.25) is 0 Å². The van der Waals surface area contributed by atoms with Gasteiger partial charge >= 0.3 is 39.5 Å². The van der Waals surface area contributed by atoms with Gasteiger partial charge < -0.3 is 33.8 Å². The summed E-state index contributed by atoms with van der Waals surface area (Å²) in [6, 6.07) is 0. The molecular weight excluding hydrogens is 1400 g/mol. The summed E-state index contributed by atoms with van der Waals surface area (Å²) in [6.45, 7) is 7.36. The summed E-state index contributed by atoms with van der Waals surface area (Å²) in [5.41, 5.74) is 0. The zero-order valence-electron chi connectivity index (χ0n) is 70.5. The minimum absolute atomic E-state index is 0.0857. The Hall–Kier alpha value is -2.46. The number of rotatable bonds is 87. The Kier molecular flexibility index (Phi) is 79.3. The molecule has 19 heteroatoms. The molecule has 6 atom stereocenters. The molecule has 0 fully saturated rings. The van der Waals surface area contributed by atoms with Gasteiger partial charge in [-0.2, -0.15) is 0 Å². The Bertz CT molecular complexity index is 2150. The number of phosphoric acid groups is 2. The molecule has 0 aromatic carbocycles. The quantitative estimate of drug-likeness (QED) is 0.0169. The van der Waals surface area contributed by atoms with Gasteiger partial charge in [0.05, 0.1) is 26.4 Å². The lowest BCUT2D eigenvalue weighted by Crippen LogP contribution is -2.30. The fraction of sp³-hybridized carbons (Fsp3) is 0.910. The first-order chi connectivity index (χ1) is 52.6. The van der Waals surface area contributed by atoms with E-state index < -0.39 is 97.5 Å². The highest BCUT2D eigenvalue weighted by molar-refractivity contribution is 7.47. The summed E-state index contributed by atoms with van der Waals surface area (Å²) in [4.78, 5) is 73.2. The van der Waals surface area contributed by atoms with Gasteiger partial charge in [0, 0.05) is 25.7 Å². The lowest BCUT2D eigenvalue weighted by molar-refractivity contribution is -0.161. The predicted octanol–water partition coefficient (Wildman–Crippen LogP) is 27.1. The summed E-state index contributed by atoms with van der Waals surface area (Å²) >= 11 is 0. The van der Waals surface area contributed by atoms with E-state index in [0.29, 0.717) is 25.7 Å². The van der Waals surface area contributed by atoms with Crippen LogP contribution in [0.1, 0.15) is 458 Å². The van der Waals surface area contributed by atoms with Gasteiger partial charge in [-0.05, 0) is 57.3 Å². The molecule has 0 spiro atoms. The van der Waals surface area contributed by atoms with Crippen LogP contribution in [0, 0.1) is 5.92 Å². The molecule has 0 rings (SSSR count). The van der Waals surface area contributed by atoms with Gasteiger partial charge in [-0.25, -0.2) is 9.13 Å². The topological polar surface area (TPSA) is 237 Å². The van der Waals surface area contributed by atoms with E-state index in [1.165, 1.54) is 270 Å². The largest absolute Gasteiger partial charge is 0.472 e. The van der Waals surface area contributed by atoms with E-state index in [2.05, 4.69) is 58.9 Å². The maximum atomic E-state index is 13.2. The molecule has 0 aliphatic rings. The molecule has 0 aromatic rings. The van der Waals surface area contributed by atoms with Crippen LogP contribution in [0.25, 0.3) is 0 Å². The van der Waals surface area contributed by atoms with E-state index in [-0.39, 0.29) is 25.7 Å². The number of hydrogen-bond acceptors (Lipinski definition) is 15. The van der Waals surface area contributed by atoms with Crippen molar-refractivity contribution in [3.63, 3.8) is 0 Å². The third kappa shape index (κ3) is 80.2. The SMILES string of the molecule is CCCCCC/C=C\C=C/CCCCCCCC(=O)O[C@H](COC(=O)CCCCCCCCCCCC)COP(=O)(O)OC[C@H](O)COP(=O)(O)OC[C@@H](COC(=O)CCCCCCCCCCCCCCCCCCCCCCC)OC(=O)CCCCCCCCCCCCCCCCCCCCC(C)CC. The van der Waals surface area contributed by atoms with E-state index in [4.69, 9.17) is 37.0 Å². The van der Waals surface area contributed by atoms with Crippen LogP contribution >= 0.6 is 15.6 Å². The summed E-state index contributed by atoms with van der Waals surface area (Å²) < 4.78 is 68.9. The highest BCUT2D eigenvalue weighted by atomic mass is 31.2. The summed E-state index contributed by atoms with van der Waals surface area (Å²) in [6.07, 6.45) is 78.6. The molecule has 3 unspecified atom stereocenters. The highest BCUT2D eigenvalue weighted by Gasteiger charge is 2.30. The number of hydrogen-bond donors (Lipinski definition) is 3. The van der Waals surface area contributed by atoms with Crippen molar-refractivity contribution in [2.24, 2.45) is 5.92 Å². The third-order valence-corrected chi connectivity index (χ3v) is 22.7. The van der Waals surface area contributed by atoms with Crippen LogP contribution in [-0.4, -0.2) is 96.7 Å². The molecule has 3 N–H and O–H groups in total. The number of aliphatic hydroxyl groups excluding tert-OH is 1. The first-order valence-corrected chi connectivity index (χ1v) is 48.5. The van der Waals surface area contributed by atoms with Crippen molar-refractivity contribution < 1.29 is 80.2 Å². The first kappa shape index (κ1) is 106. The van der Waals surface area contributed by atoms with Crippen molar-refractivity contribution in [1.82, 2.24) is 0 Å². The molecule has 17 nitrogen and oxygen atoms in total. The molecule has 0 heterocycles. The Morgan fingerprint density at radius 1 is 0.296 bits per heavy atom. The lowest BCUT2D eigenvalue weighted by Gasteiger charge is -2.21. The van der Waals surface area contributed by atoms with Crippen molar-refractivity contribution in [2.45, 2.75) is 477 Å². The highest BCUT2D eigenvalue weighted by Crippen LogP contribution is 2.45. The molecule has 0 saturated heterocycles. The second kappa shape index (κ2) is 81.1. The number of carbonyl (C=O) groups is 4. The van der Waals surface area contributed by atoms with Crippen LogP contribution in [-0.2, 0) is 65.4 Å². The Labute approximate surface area is 663 Å². The number of carbonyl (C=O) groups excluding carboxylic acids is 4. The standard InChI is InChI=1S/C89H170O17P2/c1-6-10-13-16-19-22-25-27-29-30-31-32-33-37-41-44-48-53-58-63-68-73-87(92)100-79-85(106-89(94)75-70-65-60-55-50-46-42-38-35-34-36-40-43-47-51-56-61-66-71-82(5)9-4)81-104-108(97,98)102-77-83(90)76-101-107(95,96)103-80-84(78-99-86(91)72-67-62-57-52-24-21-18-15-12-8-3)105-88(93)74-69-64-59-54-49-45-39-28-26-23-20-17-14-11-7-2/h23,26,28,39,82-85,90H,6-22,24-25,27,29-38,40-81H2,1-5H3,(H,95,96)(H,97,98)/b26-23-,39-28-/t82?,83-,84+,85+/m0/s1. The zero-order chi connectivity index (χ0) is 79.0. The Balaban J connectivity index is 5.23. The van der Waals surface area contributed by atoms with Crippen LogP contribution in [0.4, 0.5) is 0 Å². The summed E-state index contributed by atoms with van der Waals surface area (Å²) in [5, 5.41) is 10.7. The average molecular weight is 1570 g/mol. The lowest BCUT2D eigenvalue weighted by atomic mass is 9.99. The van der Waals surface area contributed by atoms with Crippen molar-refractivity contribution >= 4 is 39.5 Å². The van der Waals surface area contributed by atoms with Crippen molar-refractivity contribution in [1.29, 1.82) is 0 Å². The van der Waals surface area contributed by atoms with E-state index in [9.17, 15) is 43.2 Å². The maximum Gasteiger partial charge on any atom is 0.472 e. The van der Waals surface area contributed by atoms with Crippen LogP contribution in [0.2, 0.25) is 0 Å². The van der Waals surface area contributed by atoms with E-state index >= 15 is 0 Å². The molecule has 0 aliphatic carbocycles. The Morgan fingerprint density at radius 2 is 0.519 bits per heavy atom. The second-order valence-electron chi connectivity index (χ2n) is 31.5. The van der Waals surface area contributed by atoms with Gasteiger partial charge in [0.1, 0.15) is 19.3 Å². The monoisotopic (exact) mass is 1570 g/mol. The average Bonchev–Trinajstić information content (AvgIpc) is 0.900. The summed E-state index contributed by atoms with van der Waals surface area (Å²) in [5.74, 6) is -1.26. The van der Waals surface area contributed by atoms with E-state index in [1.54, 1.807) is 0 Å². The molecule has 0 radical (unpaired) electrons. The van der Waals surface area contributed by atoms with Crippen LogP contribution in [0.15, 0.2) is 24.3 Å². The molecule has 638 valence electrons. The maximum absolute atomic E-state index is 13.2. The van der Waals surface area contributed by atoms with E-state index in [0.717, 1.165) is 109 Å². The van der Waals surface area contributed by atoms with Gasteiger partial charge in [0.25, 0.3) is 0 Å². The normalized spacial score (nSPS) is 14.1. The smallest absolute Gasteiger partial charge is 0.462 e. The van der Waals surface area contributed by atoms with Gasteiger partial charge in [-0.1, -0.05) is 406 Å².